The van der Waals surface area contributed by atoms with Gasteiger partial charge in [0.15, 0.2) is 0 Å². The maximum Gasteiger partial charge on any atom is 0.0608 e. The van der Waals surface area contributed by atoms with E-state index in [1.54, 1.807) is 12.4 Å². The molecule has 3 heteroatoms. The second-order valence-electron chi connectivity index (χ2n) is 2.90. The molecule has 0 amide bonds. The molecule has 0 N–H and O–H groups in total. The van der Waals surface area contributed by atoms with Gasteiger partial charge in [-0.1, -0.05) is 43.7 Å². The van der Waals surface area contributed by atoms with Crippen LogP contribution in [0.25, 0.3) is 11.1 Å². The van der Waals surface area contributed by atoms with Crippen LogP contribution in [0.1, 0.15) is 19.4 Å². The Morgan fingerprint density at radius 1 is 0.800 bits per heavy atom. The van der Waals surface area contributed by atoms with E-state index in [1.165, 1.54) is 5.56 Å². The summed E-state index contributed by atoms with van der Waals surface area (Å²) >= 11 is 0. The van der Waals surface area contributed by atoms with Crippen LogP contribution < -0.4 is 0 Å². The molecule has 0 atom stereocenters. The van der Waals surface area contributed by atoms with Crippen molar-refractivity contribution in [2.75, 3.05) is 0 Å². The summed E-state index contributed by atoms with van der Waals surface area (Å²) in [6.45, 7) is 6.06. The van der Waals surface area contributed by atoms with Gasteiger partial charge in [0.1, 0.15) is 0 Å². The molecule has 0 spiro atoms. The van der Waals surface area contributed by atoms with Crippen LogP contribution in [0.15, 0.2) is 36.7 Å². The maximum absolute atomic E-state index is 3.72. The first-order valence-corrected chi connectivity index (χ1v) is 5.07. The van der Waals surface area contributed by atoms with Gasteiger partial charge < -0.3 is 0 Å². The first-order valence-electron chi connectivity index (χ1n) is 5.07. The third-order valence-electron chi connectivity index (χ3n) is 1.88. The summed E-state index contributed by atoms with van der Waals surface area (Å²) in [6, 6.07) is 8.23. The molecule has 0 saturated carbocycles. The Morgan fingerprint density at radius 2 is 1.33 bits per heavy atom. The van der Waals surface area contributed by atoms with Crippen molar-refractivity contribution in [3.8, 4) is 11.1 Å². The number of rotatable bonds is 1. The highest BCUT2D eigenvalue weighted by atomic mass is 15.3. The van der Waals surface area contributed by atoms with Gasteiger partial charge in [0.2, 0.25) is 0 Å². The summed E-state index contributed by atoms with van der Waals surface area (Å²) < 4.78 is 0. The Kier molecular flexibility index (Phi) is 4.41. The van der Waals surface area contributed by atoms with Gasteiger partial charge in [0.25, 0.3) is 0 Å². The second-order valence-corrected chi connectivity index (χ2v) is 2.90. The van der Waals surface area contributed by atoms with Crippen LogP contribution in [0.3, 0.4) is 0 Å². The van der Waals surface area contributed by atoms with Crippen LogP contribution in [0, 0.1) is 6.92 Å². The van der Waals surface area contributed by atoms with Crippen molar-refractivity contribution in [3.05, 3.63) is 42.2 Å². The van der Waals surface area contributed by atoms with Gasteiger partial charge in [-0.3, -0.25) is 0 Å². The minimum Gasteiger partial charge on any atom is -0.138 e. The molecular formula is C12H15N3. The largest absolute Gasteiger partial charge is 0.138 e. The standard InChI is InChI=1S/C10H9N3.C2H6/c1-8-2-4-9(5-3-8)10-6-11-13-12-7-10;1-2/h2-7H,1H3;1-2H3. The molecule has 1 aromatic heterocycles. The maximum atomic E-state index is 3.72. The van der Waals surface area contributed by atoms with Gasteiger partial charge >= 0.3 is 0 Å². The first kappa shape index (κ1) is 11.3. The van der Waals surface area contributed by atoms with Crippen LogP contribution >= 0.6 is 0 Å². The van der Waals surface area contributed by atoms with Crippen molar-refractivity contribution in [1.82, 2.24) is 15.4 Å². The third-order valence-corrected chi connectivity index (χ3v) is 1.88. The summed E-state index contributed by atoms with van der Waals surface area (Å²) in [5.41, 5.74) is 3.36. The lowest BCUT2D eigenvalue weighted by Gasteiger charge is -1.98. The lowest BCUT2D eigenvalue weighted by Crippen LogP contribution is -1.86. The Morgan fingerprint density at radius 3 is 1.87 bits per heavy atom. The lowest BCUT2D eigenvalue weighted by molar-refractivity contribution is 0.867. The highest BCUT2D eigenvalue weighted by Gasteiger charge is 1.96. The number of aromatic nitrogens is 3. The monoisotopic (exact) mass is 201 g/mol. The van der Waals surface area contributed by atoms with E-state index in [0.717, 1.165) is 11.1 Å². The zero-order valence-corrected chi connectivity index (χ0v) is 9.31. The van der Waals surface area contributed by atoms with E-state index in [1.807, 2.05) is 26.0 Å². The molecule has 2 aromatic rings. The summed E-state index contributed by atoms with van der Waals surface area (Å²) in [5, 5.41) is 10.9. The highest BCUT2D eigenvalue weighted by Crippen LogP contribution is 2.16. The Labute approximate surface area is 90.2 Å². The molecule has 2 rings (SSSR count). The van der Waals surface area contributed by atoms with E-state index in [9.17, 15) is 0 Å². The average Bonchev–Trinajstić information content (AvgIpc) is 2.34. The predicted molar refractivity (Wildman–Crippen MR) is 61.3 cm³/mol. The molecule has 0 aliphatic rings. The zero-order chi connectivity index (χ0) is 11.1. The van der Waals surface area contributed by atoms with Gasteiger partial charge in [0, 0.05) is 5.56 Å². The Bertz CT molecular complexity index is 381. The number of hydrogen-bond acceptors (Lipinski definition) is 3. The van der Waals surface area contributed by atoms with Gasteiger partial charge in [-0.15, -0.1) is 10.2 Å². The molecule has 0 bridgehead atoms. The van der Waals surface area contributed by atoms with Crippen molar-refractivity contribution >= 4 is 0 Å². The van der Waals surface area contributed by atoms with Crippen LogP contribution in [0.4, 0.5) is 0 Å². The molecule has 0 aliphatic carbocycles. The van der Waals surface area contributed by atoms with Gasteiger partial charge in [-0.05, 0) is 17.7 Å². The average molecular weight is 201 g/mol. The molecule has 0 unspecified atom stereocenters. The molecule has 0 aliphatic heterocycles. The minimum atomic E-state index is 0.995. The molecular weight excluding hydrogens is 186 g/mol. The minimum absolute atomic E-state index is 0.995. The van der Waals surface area contributed by atoms with Crippen molar-refractivity contribution in [2.24, 2.45) is 0 Å². The van der Waals surface area contributed by atoms with Crippen LogP contribution in [-0.2, 0) is 0 Å². The number of aryl methyl sites for hydroxylation is 1. The van der Waals surface area contributed by atoms with E-state index in [4.69, 9.17) is 0 Å². The van der Waals surface area contributed by atoms with E-state index in [0.29, 0.717) is 0 Å². The SMILES string of the molecule is CC.Cc1ccc(-c2cnnnc2)cc1. The number of benzene rings is 1. The molecule has 15 heavy (non-hydrogen) atoms. The van der Waals surface area contributed by atoms with Crippen molar-refractivity contribution in [1.29, 1.82) is 0 Å². The fourth-order valence-corrected chi connectivity index (χ4v) is 1.13. The van der Waals surface area contributed by atoms with Crippen molar-refractivity contribution in [2.45, 2.75) is 20.8 Å². The van der Waals surface area contributed by atoms with Gasteiger partial charge in [-0.25, -0.2) is 0 Å². The fourth-order valence-electron chi connectivity index (χ4n) is 1.13. The molecule has 0 fully saturated rings. The van der Waals surface area contributed by atoms with E-state index in [-0.39, 0.29) is 0 Å². The van der Waals surface area contributed by atoms with Gasteiger partial charge in [-0.2, -0.15) is 0 Å². The van der Waals surface area contributed by atoms with E-state index < -0.39 is 0 Å². The highest BCUT2D eigenvalue weighted by molar-refractivity contribution is 5.61. The molecule has 78 valence electrons. The number of nitrogens with zero attached hydrogens (tertiary/aromatic N) is 3. The van der Waals surface area contributed by atoms with E-state index in [2.05, 4.69) is 34.5 Å². The predicted octanol–water partition coefficient (Wildman–Crippen LogP) is 2.87. The summed E-state index contributed by atoms with van der Waals surface area (Å²) in [5.74, 6) is 0. The smallest absolute Gasteiger partial charge is 0.0608 e. The molecule has 3 nitrogen and oxygen atoms in total. The molecule has 0 saturated heterocycles. The lowest BCUT2D eigenvalue weighted by atomic mass is 10.1. The zero-order valence-electron chi connectivity index (χ0n) is 9.31. The Balaban J connectivity index is 0.000000531. The quantitative estimate of drug-likeness (QED) is 0.712. The number of hydrogen-bond donors (Lipinski definition) is 0. The van der Waals surface area contributed by atoms with Crippen molar-refractivity contribution in [3.63, 3.8) is 0 Å². The second kappa shape index (κ2) is 5.86. The molecule has 1 heterocycles. The fraction of sp³-hybridized carbons (Fsp3) is 0.250. The molecule has 0 radical (unpaired) electrons. The van der Waals surface area contributed by atoms with Crippen LogP contribution in [0.2, 0.25) is 0 Å². The van der Waals surface area contributed by atoms with Gasteiger partial charge in [0.05, 0.1) is 12.4 Å². The van der Waals surface area contributed by atoms with Crippen molar-refractivity contribution < 1.29 is 0 Å². The summed E-state index contributed by atoms with van der Waals surface area (Å²) in [6.07, 6.45) is 3.41. The van der Waals surface area contributed by atoms with Crippen LogP contribution in [-0.4, -0.2) is 15.4 Å². The Hall–Kier alpha value is -1.77. The van der Waals surface area contributed by atoms with Crippen LogP contribution in [0.5, 0.6) is 0 Å². The topological polar surface area (TPSA) is 38.7 Å². The van der Waals surface area contributed by atoms with E-state index >= 15 is 0 Å². The normalized spacial score (nSPS) is 9.00. The first-order chi connectivity index (χ1) is 7.36. The summed E-state index contributed by atoms with van der Waals surface area (Å²) in [4.78, 5) is 0. The summed E-state index contributed by atoms with van der Waals surface area (Å²) in [7, 11) is 0. The molecule has 1 aromatic carbocycles. The third kappa shape index (κ3) is 3.13.